The summed E-state index contributed by atoms with van der Waals surface area (Å²) in [6.45, 7) is 3.05. The first-order valence-electron chi connectivity index (χ1n) is 6.50. The normalized spacial score (nSPS) is 10.7. The Hall–Kier alpha value is -2.83. The van der Waals surface area contributed by atoms with E-state index in [1.807, 2.05) is 17.7 Å². The molecule has 0 radical (unpaired) electrons. The van der Waals surface area contributed by atoms with E-state index in [0.717, 1.165) is 5.82 Å². The van der Waals surface area contributed by atoms with E-state index in [1.54, 1.807) is 24.4 Å². The number of amides is 1. The van der Waals surface area contributed by atoms with E-state index in [4.69, 9.17) is 8.94 Å². The number of nitrogens with zero attached hydrogens (tertiary/aromatic N) is 3. The van der Waals surface area contributed by atoms with Crippen molar-refractivity contribution in [2.45, 2.75) is 13.5 Å². The van der Waals surface area contributed by atoms with E-state index in [2.05, 4.69) is 15.5 Å². The predicted octanol–water partition coefficient (Wildman–Crippen LogP) is 1.87. The van der Waals surface area contributed by atoms with Gasteiger partial charge >= 0.3 is 0 Å². The molecule has 108 valence electrons. The molecule has 0 spiro atoms. The Labute approximate surface area is 120 Å². The zero-order valence-corrected chi connectivity index (χ0v) is 11.4. The van der Waals surface area contributed by atoms with Gasteiger partial charge in [0.2, 0.25) is 5.76 Å². The summed E-state index contributed by atoms with van der Waals surface area (Å²) in [5.74, 6) is 1.59. The SMILES string of the molecule is Cc1nccn1CCNC(=O)c1cc(-c2ccco2)on1. The van der Waals surface area contributed by atoms with E-state index in [0.29, 0.717) is 24.6 Å². The minimum Gasteiger partial charge on any atom is -0.461 e. The number of aromatic nitrogens is 3. The van der Waals surface area contributed by atoms with Gasteiger partial charge in [-0.1, -0.05) is 5.16 Å². The van der Waals surface area contributed by atoms with E-state index < -0.39 is 0 Å². The van der Waals surface area contributed by atoms with Crippen molar-refractivity contribution in [3.8, 4) is 11.5 Å². The molecule has 7 heteroatoms. The molecule has 0 atom stereocenters. The number of carbonyl (C=O) groups is 1. The molecule has 0 fully saturated rings. The van der Waals surface area contributed by atoms with Crippen LogP contribution in [0.15, 0.2) is 45.8 Å². The summed E-state index contributed by atoms with van der Waals surface area (Å²) < 4.78 is 12.2. The first-order valence-corrected chi connectivity index (χ1v) is 6.50. The Morgan fingerprint density at radius 1 is 1.43 bits per heavy atom. The number of furan rings is 1. The molecule has 7 nitrogen and oxygen atoms in total. The monoisotopic (exact) mass is 286 g/mol. The molecule has 0 aliphatic heterocycles. The van der Waals surface area contributed by atoms with Crippen LogP contribution in [-0.4, -0.2) is 27.2 Å². The van der Waals surface area contributed by atoms with E-state index in [9.17, 15) is 4.79 Å². The second kappa shape index (κ2) is 5.66. The molecule has 0 unspecified atom stereocenters. The highest BCUT2D eigenvalue weighted by atomic mass is 16.5. The maximum atomic E-state index is 12.0. The first-order chi connectivity index (χ1) is 10.2. The van der Waals surface area contributed by atoms with Crippen molar-refractivity contribution < 1.29 is 13.7 Å². The van der Waals surface area contributed by atoms with Crippen LogP contribution in [-0.2, 0) is 6.54 Å². The maximum Gasteiger partial charge on any atom is 0.273 e. The van der Waals surface area contributed by atoms with Gasteiger partial charge in [-0.25, -0.2) is 4.98 Å². The van der Waals surface area contributed by atoms with Crippen LogP contribution in [0.5, 0.6) is 0 Å². The summed E-state index contributed by atoms with van der Waals surface area (Å²) in [5.41, 5.74) is 0.226. The molecule has 0 bridgehead atoms. The van der Waals surface area contributed by atoms with Gasteiger partial charge in [0.15, 0.2) is 11.5 Å². The lowest BCUT2D eigenvalue weighted by Gasteiger charge is -2.05. The van der Waals surface area contributed by atoms with Crippen LogP contribution in [0.4, 0.5) is 0 Å². The summed E-state index contributed by atoms with van der Waals surface area (Å²) in [7, 11) is 0. The summed E-state index contributed by atoms with van der Waals surface area (Å²) >= 11 is 0. The lowest BCUT2D eigenvalue weighted by molar-refractivity contribution is 0.0943. The predicted molar refractivity (Wildman–Crippen MR) is 73.5 cm³/mol. The fourth-order valence-corrected chi connectivity index (χ4v) is 1.94. The number of hydrogen-bond acceptors (Lipinski definition) is 5. The lowest BCUT2D eigenvalue weighted by atomic mass is 10.3. The number of aryl methyl sites for hydroxylation is 1. The average Bonchev–Trinajstić information content (AvgIpc) is 3.19. The summed E-state index contributed by atoms with van der Waals surface area (Å²) in [6.07, 6.45) is 5.13. The first kappa shape index (κ1) is 13.2. The van der Waals surface area contributed by atoms with Gasteiger partial charge in [0.05, 0.1) is 6.26 Å². The van der Waals surface area contributed by atoms with Crippen molar-refractivity contribution in [1.82, 2.24) is 20.0 Å². The Balaban J connectivity index is 1.57. The van der Waals surface area contributed by atoms with Crippen LogP contribution < -0.4 is 5.32 Å². The number of rotatable bonds is 5. The minimum atomic E-state index is -0.283. The van der Waals surface area contributed by atoms with Crippen molar-refractivity contribution in [2.24, 2.45) is 0 Å². The molecule has 0 saturated heterocycles. The Morgan fingerprint density at radius 2 is 2.33 bits per heavy atom. The number of nitrogens with one attached hydrogen (secondary N) is 1. The molecule has 0 aliphatic carbocycles. The van der Waals surface area contributed by atoms with Gasteiger partial charge in [-0.15, -0.1) is 0 Å². The highest BCUT2D eigenvalue weighted by Crippen LogP contribution is 2.20. The zero-order chi connectivity index (χ0) is 14.7. The Kier molecular flexibility index (Phi) is 3.55. The fourth-order valence-electron chi connectivity index (χ4n) is 1.94. The van der Waals surface area contributed by atoms with Crippen LogP contribution in [0.3, 0.4) is 0 Å². The highest BCUT2D eigenvalue weighted by molar-refractivity contribution is 5.92. The standard InChI is InChI=1S/C14H14N4O3/c1-10-15-4-6-18(10)7-5-16-14(19)11-9-13(21-17-11)12-3-2-8-20-12/h2-4,6,8-9H,5,7H2,1H3,(H,16,19). The second-order valence-electron chi connectivity index (χ2n) is 4.48. The minimum absolute atomic E-state index is 0.226. The Bertz CT molecular complexity index is 727. The third-order valence-electron chi connectivity index (χ3n) is 3.07. The molecule has 1 amide bonds. The van der Waals surface area contributed by atoms with E-state index >= 15 is 0 Å². The van der Waals surface area contributed by atoms with Gasteiger partial charge in [-0.3, -0.25) is 4.79 Å². The number of carbonyl (C=O) groups excluding carboxylic acids is 1. The molecule has 3 aromatic heterocycles. The topological polar surface area (TPSA) is 86.1 Å². The smallest absolute Gasteiger partial charge is 0.273 e. The van der Waals surface area contributed by atoms with Crippen LogP contribution in [0.25, 0.3) is 11.5 Å². The molecule has 21 heavy (non-hydrogen) atoms. The van der Waals surface area contributed by atoms with Gasteiger partial charge in [0, 0.05) is 31.5 Å². The van der Waals surface area contributed by atoms with E-state index in [1.165, 1.54) is 6.26 Å². The molecular weight excluding hydrogens is 272 g/mol. The average molecular weight is 286 g/mol. The second-order valence-corrected chi connectivity index (χ2v) is 4.48. The molecule has 3 rings (SSSR count). The van der Waals surface area contributed by atoms with Crippen LogP contribution in [0.2, 0.25) is 0 Å². The quantitative estimate of drug-likeness (QED) is 0.773. The molecule has 3 heterocycles. The summed E-state index contributed by atoms with van der Waals surface area (Å²) in [4.78, 5) is 16.1. The molecule has 0 aromatic carbocycles. The molecule has 3 aromatic rings. The molecule has 0 aliphatic rings. The Morgan fingerprint density at radius 3 is 3.05 bits per heavy atom. The van der Waals surface area contributed by atoms with Gasteiger partial charge in [0.25, 0.3) is 5.91 Å². The van der Waals surface area contributed by atoms with Gasteiger partial charge < -0.3 is 18.8 Å². The van der Waals surface area contributed by atoms with Crippen LogP contribution >= 0.6 is 0 Å². The zero-order valence-electron chi connectivity index (χ0n) is 11.4. The maximum absolute atomic E-state index is 12.0. The highest BCUT2D eigenvalue weighted by Gasteiger charge is 2.14. The van der Waals surface area contributed by atoms with Crippen LogP contribution in [0.1, 0.15) is 16.3 Å². The van der Waals surface area contributed by atoms with Crippen molar-refractivity contribution in [3.63, 3.8) is 0 Å². The summed E-state index contributed by atoms with van der Waals surface area (Å²) in [6, 6.07) is 5.03. The number of hydrogen-bond donors (Lipinski definition) is 1. The molecule has 0 saturated carbocycles. The van der Waals surface area contributed by atoms with Crippen molar-refractivity contribution in [2.75, 3.05) is 6.54 Å². The number of imidazole rings is 1. The third-order valence-corrected chi connectivity index (χ3v) is 3.07. The van der Waals surface area contributed by atoms with Gasteiger partial charge in [-0.05, 0) is 19.1 Å². The van der Waals surface area contributed by atoms with E-state index in [-0.39, 0.29) is 11.6 Å². The molecular formula is C14H14N4O3. The van der Waals surface area contributed by atoms with Crippen molar-refractivity contribution >= 4 is 5.91 Å². The summed E-state index contributed by atoms with van der Waals surface area (Å²) in [5, 5.41) is 6.52. The van der Waals surface area contributed by atoms with Crippen LogP contribution in [0, 0.1) is 6.92 Å². The fraction of sp³-hybridized carbons (Fsp3) is 0.214. The largest absolute Gasteiger partial charge is 0.461 e. The lowest BCUT2D eigenvalue weighted by Crippen LogP contribution is -2.27. The van der Waals surface area contributed by atoms with Gasteiger partial charge in [-0.2, -0.15) is 0 Å². The third kappa shape index (κ3) is 2.86. The van der Waals surface area contributed by atoms with Gasteiger partial charge in [0.1, 0.15) is 5.82 Å². The van der Waals surface area contributed by atoms with Crippen molar-refractivity contribution in [3.05, 3.63) is 48.4 Å². The molecule has 1 N–H and O–H groups in total. The van der Waals surface area contributed by atoms with Crippen molar-refractivity contribution in [1.29, 1.82) is 0 Å².